The summed E-state index contributed by atoms with van der Waals surface area (Å²) < 4.78 is 0. The van der Waals surface area contributed by atoms with Crippen LogP contribution >= 0.6 is 0 Å². The van der Waals surface area contributed by atoms with Crippen LogP contribution in [-0.2, 0) is 6.54 Å². The van der Waals surface area contributed by atoms with E-state index in [2.05, 4.69) is 48.3 Å². The van der Waals surface area contributed by atoms with Crippen LogP contribution < -0.4 is 10.2 Å². The van der Waals surface area contributed by atoms with Crippen LogP contribution in [0.2, 0.25) is 0 Å². The number of nitrogens with one attached hydrogen (secondary N) is 1. The van der Waals surface area contributed by atoms with Gasteiger partial charge in [-0.05, 0) is 36.9 Å². The van der Waals surface area contributed by atoms with Gasteiger partial charge in [0, 0.05) is 25.3 Å². The molecule has 1 N–H and O–H groups in total. The molecule has 2 nitrogen and oxygen atoms in total. The molecule has 2 heteroatoms. The van der Waals surface area contributed by atoms with E-state index in [1.54, 1.807) is 0 Å². The summed E-state index contributed by atoms with van der Waals surface area (Å²) in [5, 5.41) is 3.50. The fourth-order valence-electron chi connectivity index (χ4n) is 2.52. The van der Waals surface area contributed by atoms with Gasteiger partial charge in [-0.2, -0.15) is 0 Å². The first-order valence-corrected chi connectivity index (χ1v) is 6.85. The van der Waals surface area contributed by atoms with Crippen LogP contribution in [0.4, 0.5) is 5.69 Å². The Hall–Kier alpha value is -1.02. The van der Waals surface area contributed by atoms with Crippen molar-refractivity contribution in [1.82, 2.24) is 5.32 Å². The van der Waals surface area contributed by atoms with Gasteiger partial charge in [-0.1, -0.05) is 32.0 Å². The summed E-state index contributed by atoms with van der Waals surface area (Å²) >= 11 is 0. The quantitative estimate of drug-likeness (QED) is 0.785. The van der Waals surface area contributed by atoms with E-state index in [1.807, 2.05) is 0 Å². The Kier molecular flexibility index (Phi) is 4.43. The zero-order chi connectivity index (χ0) is 12.1. The number of rotatable bonds is 5. The van der Waals surface area contributed by atoms with Gasteiger partial charge in [0.25, 0.3) is 0 Å². The van der Waals surface area contributed by atoms with Gasteiger partial charge < -0.3 is 10.2 Å². The zero-order valence-electron chi connectivity index (χ0n) is 11.1. The molecule has 17 heavy (non-hydrogen) atoms. The molecule has 1 aliphatic rings. The van der Waals surface area contributed by atoms with Crippen LogP contribution in [0.3, 0.4) is 0 Å². The number of hydrogen-bond donors (Lipinski definition) is 1. The second-order valence-corrected chi connectivity index (χ2v) is 5.15. The normalized spacial score (nSPS) is 19.9. The molecule has 0 spiro atoms. The van der Waals surface area contributed by atoms with Crippen molar-refractivity contribution in [2.24, 2.45) is 5.92 Å². The molecule has 1 unspecified atom stereocenters. The van der Waals surface area contributed by atoms with Crippen LogP contribution in [0, 0.1) is 5.92 Å². The highest BCUT2D eigenvalue weighted by Gasteiger charge is 2.20. The number of anilines is 1. The molecule has 1 aromatic carbocycles. The Balaban J connectivity index is 2.05. The molecule has 1 saturated heterocycles. The zero-order valence-corrected chi connectivity index (χ0v) is 11.1. The molecule has 94 valence electrons. The summed E-state index contributed by atoms with van der Waals surface area (Å²) in [6, 6.07) is 8.82. The molecule has 1 aromatic rings. The Bertz CT molecular complexity index is 349. The fraction of sp³-hybridized carbons (Fsp3) is 0.600. The number of benzene rings is 1. The minimum atomic E-state index is 0.839. The summed E-state index contributed by atoms with van der Waals surface area (Å²) in [4.78, 5) is 2.54. The standard InChI is InChI=1S/C15H24N2/c1-3-9-16-11-14-6-4-5-7-15(14)17-10-8-13(2)12-17/h4-7,13,16H,3,8-12H2,1-2H3. The van der Waals surface area contributed by atoms with E-state index in [4.69, 9.17) is 0 Å². The van der Waals surface area contributed by atoms with E-state index in [0.29, 0.717) is 0 Å². The van der Waals surface area contributed by atoms with Crippen LogP contribution in [0.15, 0.2) is 24.3 Å². The van der Waals surface area contributed by atoms with Crippen molar-refractivity contribution in [2.45, 2.75) is 33.2 Å². The van der Waals surface area contributed by atoms with Gasteiger partial charge in [0.05, 0.1) is 0 Å². The van der Waals surface area contributed by atoms with E-state index in [9.17, 15) is 0 Å². The first kappa shape index (κ1) is 12.4. The molecule has 0 radical (unpaired) electrons. The van der Waals surface area contributed by atoms with E-state index >= 15 is 0 Å². The predicted molar refractivity (Wildman–Crippen MR) is 74.4 cm³/mol. The highest BCUT2D eigenvalue weighted by molar-refractivity contribution is 5.54. The topological polar surface area (TPSA) is 15.3 Å². The first-order valence-electron chi connectivity index (χ1n) is 6.85. The third-order valence-corrected chi connectivity index (χ3v) is 3.50. The van der Waals surface area contributed by atoms with Crippen LogP contribution in [0.5, 0.6) is 0 Å². The number of nitrogens with zero attached hydrogens (tertiary/aromatic N) is 1. The lowest BCUT2D eigenvalue weighted by atomic mass is 10.1. The third-order valence-electron chi connectivity index (χ3n) is 3.50. The molecule has 1 heterocycles. The maximum atomic E-state index is 3.50. The van der Waals surface area contributed by atoms with E-state index in [1.165, 1.54) is 37.2 Å². The summed E-state index contributed by atoms with van der Waals surface area (Å²) in [7, 11) is 0. The molecule has 0 amide bonds. The maximum Gasteiger partial charge on any atom is 0.0411 e. The molecular formula is C15H24N2. The maximum absolute atomic E-state index is 3.50. The summed E-state index contributed by atoms with van der Waals surface area (Å²) in [6.07, 6.45) is 2.53. The van der Waals surface area contributed by atoms with Crippen molar-refractivity contribution >= 4 is 5.69 Å². The van der Waals surface area contributed by atoms with Crippen molar-refractivity contribution in [2.75, 3.05) is 24.5 Å². The fourth-order valence-corrected chi connectivity index (χ4v) is 2.52. The highest BCUT2D eigenvalue weighted by atomic mass is 15.2. The molecule has 1 fully saturated rings. The lowest BCUT2D eigenvalue weighted by Gasteiger charge is -2.22. The molecular weight excluding hydrogens is 208 g/mol. The number of para-hydroxylation sites is 1. The van der Waals surface area contributed by atoms with Gasteiger partial charge in [-0.3, -0.25) is 0 Å². The Morgan fingerprint density at radius 1 is 1.35 bits per heavy atom. The third kappa shape index (κ3) is 3.22. The van der Waals surface area contributed by atoms with Gasteiger partial charge in [0.15, 0.2) is 0 Å². The minimum Gasteiger partial charge on any atom is -0.371 e. The van der Waals surface area contributed by atoms with Crippen molar-refractivity contribution in [3.05, 3.63) is 29.8 Å². The van der Waals surface area contributed by atoms with Gasteiger partial charge in [-0.25, -0.2) is 0 Å². The van der Waals surface area contributed by atoms with Gasteiger partial charge in [0.1, 0.15) is 0 Å². The van der Waals surface area contributed by atoms with Crippen molar-refractivity contribution < 1.29 is 0 Å². The second kappa shape index (κ2) is 6.06. The van der Waals surface area contributed by atoms with Gasteiger partial charge in [0.2, 0.25) is 0 Å². The average Bonchev–Trinajstić information content (AvgIpc) is 2.77. The molecule has 0 aliphatic carbocycles. The molecule has 0 saturated carbocycles. The second-order valence-electron chi connectivity index (χ2n) is 5.15. The average molecular weight is 232 g/mol. The lowest BCUT2D eigenvalue weighted by Crippen LogP contribution is -2.22. The Labute approximate surface area is 105 Å². The lowest BCUT2D eigenvalue weighted by molar-refractivity contribution is 0.657. The van der Waals surface area contributed by atoms with Crippen LogP contribution in [0.25, 0.3) is 0 Å². The van der Waals surface area contributed by atoms with Crippen LogP contribution in [0.1, 0.15) is 32.3 Å². The molecule has 1 atom stereocenters. The SMILES string of the molecule is CCCNCc1ccccc1N1CCC(C)C1. The summed E-state index contributed by atoms with van der Waals surface area (Å²) in [5.41, 5.74) is 2.87. The van der Waals surface area contributed by atoms with Gasteiger partial charge >= 0.3 is 0 Å². The van der Waals surface area contributed by atoms with Crippen LogP contribution in [-0.4, -0.2) is 19.6 Å². The van der Waals surface area contributed by atoms with E-state index in [-0.39, 0.29) is 0 Å². The van der Waals surface area contributed by atoms with E-state index < -0.39 is 0 Å². The molecule has 1 aliphatic heterocycles. The molecule has 0 bridgehead atoms. The van der Waals surface area contributed by atoms with E-state index in [0.717, 1.165) is 19.0 Å². The smallest absolute Gasteiger partial charge is 0.0411 e. The minimum absolute atomic E-state index is 0.839. The highest BCUT2D eigenvalue weighted by Crippen LogP contribution is 2.26. The molecule has 2 rings (SSSR count). The predicted octanol–water partition coefficient (Wildman–Crippen LogP) is 3.03. The summed E-state index contributed by atoms with van der Waals surface area (Å²) in [5.74, 6) is 0.839. The van der Waals surface area contributed by atoms with Crippen molar-refractivity contribution in [3.8, 4) is 0 Å². The number of hydrogen-bond acceptors (Lipinski definition) is 2. The van der Waals surface area contributed by atoms with Crippen molar-refractivity contribution in [1.29, 1.82) is 0 Å². The Morgan fingerprint density at radius 2 is 2.18 bits per heavy atom. The van der Waals surface area contributed by atoms with Crippen molar-refractivity contribution in [3.63, 3.8) is 0 Å². The Morgan fingerprint density at radius 3 is 2.88 bits per heavy atom. The largest absolute Gasteiger partial charge is 0.371 e. The first-order chi connectivity index (χ1) is 8.31. The van der Waals surface area contributed by atoms with Gasteiger partial charge in [-0.15, -0.1) is 0 Å². The monoisotopic (exact) mass is 232 g/mol. The summed E-state index contributed by atoms with van der Waals surface area (Å²) in [6.45, 7) is 9.08. The molecule has 0 aromatic heterocycles.